The summed E-state index contributed by atoms with van der Waals surface area (Å²) in [5.41, 5.74) is 3.63. The van der Waals surface area contributed by atoms with Crippen molar-refractivity contribution >= 4 is 32.8 Å². The molecular weight excluding hydrogens is 460 g/mol. The van der Waals surface area contributed by atoms with E-state index in [1.807, 2.05) is 6.07 Å². The molecule has 1 aromatic carbocycles. The molecule has 11 heteroatoms. The van der Waals surface area contributed by atoms with Crippen LogP contribution in [0.25, 0.3) is 10.9 Å². The van der Waals surface area contributed by atoms with Gasteiger partial charge in [0.15, 0.2) is 0 Å². The van der Waals surface area contributed by atoms with E-state index in [9.17, 15) is 18.0 Å². The predicted octanol–water partition coefficient (Wildman–Crippen LogP) is 1.51. The molecule has 2 aromatic heterocycles. The summed E-state index contributed by atoms with van der Waals surface area (Å²) in [5, 5.41) is 0.873. The molecule has 1 saturated heterocycles. The quantitative estimate of drug-likeness (QED) is 0.560. The molecule has 1 N–H and O–H groups in total. The van der Waals surface area contributed by atoms with Crippen LogP contribution in [0.4, 0.5) is 0 Å². The summed E-state index contributed by atoms with van der Waals surface area (Å²) in [5.74, 6) is -0.659. The number of aryl methyl sites for hydroxylation is 1. The molecule has 0 bridgehead atoms. The first-order valence-electron chi connectivity index (χ1n) is 11.0. The lowest BCUT2D eigenvalue weighted by Gasteiger charge is -2.27. The number of nitrogens with one attached hydrogen (secondary N) is 1. The minimum Gasteiger partial charge on any atom is -0.465 e. The number of amides is 1. The van der Waals surface area contributed by atoms with Crippen molar-refractivity contribution in [1.29, 1.82) is 0 Å². The lowest BCUT2D eigenvalue weighted by Crippen LogP contribution is -2.40. The van der Waals surface area contributed by atoms with E-state index < -0.39 is 16.0 Å². The van der Waals surface area contributed by atoms with Gasteiger partial charge in [-0.05, 0) is 24.3 Å². The molecule has 3 aromatic rings. The molecule has 0 spiro atoms. The molecule has 180 valence electrons. The number of carbonyl (C=O) groups excluding carboxylic acids is 2. The molecule has 0 atom stereocenters. The van der Waals surface area contributed by atoms with Crippen molar-refractivity contribution in [3.05, 3.63) is 53.0 Å². The summed E-state index contributed by atoms with van der Waals surface area (Å²) >= 11 is 0. The van der Waals surface area contributed by atoms with Crippen molar-refractivity contribution in [3.63, 3.8) is 0 Å². The number of ether oxygens (including phenoxy) is 2. The second-order valence-electron chi connectivity index (χ2n) is 8.50. The van der Waals surface area contributed by atoms with E-state index in [-0.39, 0.29) is 10.8 Å². The fourth-order valence-electron chi connectivity index (χ4n) is 4.62. The highest BCUT2D eigenvalue weighted by molar-refractivity contribution is 7.89. The van der Waals surface area contributed by atoms with Crippen molar-refractivity contribution in [2.45, 2.75) is 17.9 Å². The number of esters is 1. The zero-order valence-corrected chi connectivity index (χ0v) is 19.9. The summed E-state index contributed by atoms with van der Waals surface area (Å²) in [6, 6.07) is 6.78. The number of fused-ring (bicyclic) bond motifs is 3. The van der Waals surface area contributed by atoms with Gasteiger partial charge in [0, 0.05) is 68.0 Å². The fourth-order valence-corrected chi connectivity index (χ4v) is 6.10. The third-order valence-electron chi connectivity index (χ3n) is 6.49. The summed E-state index contributed by atoms with van der Waals surface area (Å²) in [7, 11) is -0.683. The zero-order valence-electron chi connectivity index (χ0n) is 19.0. The predicted molar refractivity (Wildman–Crippen MR) is 123 cm³/mol. The van der Waals surface area contributed by atoms with Crippen LogP contribution in [0.5, 0.6) is 0 Å². The third kappa shape index (κ3) is 3.79. The maximum Gasteiger partial charge on any atom is 0.337 e. The molecule has 10 nitrogen and oxygen atoms in total. The molecule has 0 unspecified atom stereocenters. The molecule has 2 aliphatic heterocycles. The van der Waals surface area contributed by atoms with Crippen LogP contribution >= 0.6 is 0 Å². The smallest absolute Gasteiger partial charge is 0.337 e. The van der Waals surface area contributed by atoms with Gasteiger partial charge in [-0.1, -0.05) is 0 Å². The van der Waals surface area contributed by atoms with Gasteiger partial charge in [-0.25, -0.2) is 13.2 Å². The van der Waals surface area contributed by atoms with Gasteiger partial charge in [-0.15, -0.1) is 0 Å². The van der Waals surface area contributed by atoms with Crippen LogP contribution < -0.4 is 0 Å². The molecule has 5 rings (SSSR count). The summed E-state index contributed by atoms with van der Waals surface area (Å²) in [4.78, 5) is 30.6. The van der Waals surface area contributed by atoms with Gasteiger partial charge < -0.3 is 23.9 Å². The van der Waals surface area contributed by atoms with Crippen LogP contribution in [0.1, 0.15) is 32.1 Å². The third-order valence-corrected chi connectivity index (χ3v) is 8.35. The van der Waals surface area contributed by atoms with Gasteiger partial charge in [-0.3, -0.25) is 4.79 Å². The number of aromatic amines is 1. The van der Waals surface area contributed by atoms with E-state index in [1.54, 1.807) is 28.6 Å². The van der Waals surface area contributed by atoms with Crippen molar-refractivity contribution in [3.8, 4) is 0 Å². The van der Waals surface area contributed by atoms with E-state index >= 15 is 0 Å². The van der Waals surface area contributed by atoms with Crippen LogP contribution in [0.15, 0.2) is 35.4 Å². The number of aromatic nitrogens is 2. The first-order chi connectivity index (χ1) is 16.3. The maximum atomic E-state index is 13.4. The van der Waals surface area contributed by atoms with Crippen LogP contribution in [-0.4, -0.2) is 79.0 Å². The normalized spacial score (nSPS) is 17.1. The topological polar surface area (TPSA) is 114 Å². The Kier molecular flexibility index (Phi) is 5.70. The number of methoxy groups -OCH3 is 1. The SMILES string of the molecule is COC(=O)c1ccc2[nH]c3c(c2c1)CN(C(=O)c1cc(S(=O)(=O)N2CCOCC2)cn1C)CC3. The first-order valence-corrected chi connectivity index (χ1v) is 12.5. The molecule has 1 amide bonds. The number of nitrogens with zero attached hydrogens (tertiary/aromatic N) is 3. The number of hydrogen-bond acceptors (Lipinski definition) is 6. The van der Waals surface area contributed by atoms with Gasteiger partial charge in [0.2, 0.25) is 10.0 Å². The van der Waals surface area contributed by atoms with E-state index in [4.69, 9.17) is 9.47 Å². The van der Waals surface area contributed by atoms with Gasteiger partial charge in [0.05, 0.1) is 25.9 Å². The van der Waals surface area contributed by atoms with Gasteiger partial charge >= 0.3 is 5.97 Å². The largest absolute Gasteiger partial charge is 0.465 e. The summed E-state index contributed by atoms with van der Waals surface area (Å²) in [6.07, 6.45) is 2.12. The van der Waals surface area contributed by atoms with E-state index in [2.05, 4.69) is 4.98 Å². The molecule has 4 heterocycles. The van der Waals surface area contributed by atoms with E-state index in [0.29, 0.717) is 57.1 Å². The number of sulfonamides is 1. The maximum absolute atomic E-state index is 13.4. The number of morpholine rings is 1. The van der Waals surface area contributed by atoms with Gasteiger partial charge in [0.1, 0.15) is 10.6 Å². The van der Waals surface area contributed by atoms with Crippen LogP contribution in [0.3, 0.4) is 0 Å². The number of benzene rings is 1. The van der Waals surface area contributed by atoms with Crippen LogP contribution in [0, 0.1) is 0 Å². The Hall–Kier alpha value is -3.15. The monoisotopic (exact) mass is 486 g/mol. The highest BCUT2D eigenvalue weighted by Crippen LogP contribution is 2.30. The summed E-state index contributed by atoms with van der Waals surface area (Å²) < 4.78 is 39.1. The molecular formula is C23H26N4O6S. The minimum atomic E-state index is -3.70. The van der Waals surface area contributed by atoms with Crippen LogP contribution in [0.2, 0.25) is 0 Å². The highest BCUT2D eigenvalue weighted by atomic mass is 32.2. The number of hydrogen-bond donors (Lipinski definition) is 1. The fraction of sp³-hybridized carbons (Fsp3) is 0.391. The Balaban J connectivity index is 1.42. The van der Waals surface area contributed by atoms with Crippen molar-refractivity contribution in [1.82, 2.24) is 18.8 Å². The zero-order chi connectivity index (χ0) is 24.0. The highest BCUT2D eigenvalue weighted by Gasteiger charge is 2.31. The molecule has 2 aliphatic rings. The minimum absolute atomic E-state index is 0.104. The first kappa shape index (κ1) is 22.6. The van der Waals surface area contributed by atoms with E-state index in [1.165, 1.54) is 23.7 Å². The Morgan fingerprint density at radius 3 is 2.62 bits per heavy atom. The Morgan fingerprint density at radius 1 is 1.12 bits per heavy atom. The summed E-state index contributed by atoms with van der Waals surface area (Å²) in [6.45, 7) is 2.16. The standard InChI is InChI=1S/C23H26N4O6S/c1-25-13-16(34(30,31)27-7-9-33-10-8-27)12-21(25)22(28)26-6-5-20-18(14-26)17-11-15(23(29)32-2)3-4-19(17)24-20/h3-4,11-13,24H,5-10,14H2,1-2H3. The second-order valence-corrected chi connectivity index (χ2v) is 10.4. The van der Waals surface area contributed by atoms with E-state index in [0.717, 1.165) is 22.2 Å². The number of rotatable bonds is 4. The van der Waals surface area contributed by atoms with Gasteiger partial charge in [-0.2, -0.15) is 4.31 Å². The second kappa shape index (κ2) is 8.57. The molecule has 0 radical (unpaired) electrons. The van der Waals surface area contributed by atoms with Crippen molar-refractivity contribution in [2.75, 3.05) is 40.0 Å². The van der Waals surface area contributed by atoms with Crippen LogP contribution in [-0.2, 0) is 39.5 Å². The number of H-pyrrole nitrogens is 1. The Bertz CT molecular complexity index is 1380. The van der Waals surface area contributed by atoms with Gasteiger partial charge in [0.25, 0.3) is 5.91 Å². The Morgan fingerprint density at radius 2 is 1.88 bits per heavy atom. The molecule has 1 fully saturated rings. The van der Waals surface area contributed by atoms with Crippen molar-refractivity contribution in [2.24, 2.45) is 7.05 Å². The van der Waals surface area contributed by atoms with Crippen molar-refractivity contribution < 1.29 is 27.5 Å². The molecule has 0 saturated carbocycles. The lowest BCUT2D eigenvalue weighted by atomic mass is 10.0. The lowest BCUT2D eigenvalue weighted by molar-refractivity contribution is 0.0600. The molecule has 34 heavy (non-hydrogen) atoms. The Labute approximate surface area is 197 Å². The molecule has 0 aliphatic carbocycles. The average Bonchev–Trinajstić information content (AvgIpc) is 3.43. The average molecular weight is 487 g/mol. The number of carbonyl (C=O) groups is 2.